The van der Waals surface area contributed by atoms with Crippen molar-refractivity contribution in [3.63, 3.8) is 0 Å². The summed E-state index contributed by atoms with van der Waals surface area (Å²) in [7, 11) is 1.49. The van der Waals surface area contributed by atoms with Gasteiger partial charge in [0.2, 0.25) is 0 Å². The Balaban J connectivity index is 2.62. The summed E-state index contributed by atoms with van der Waals surface area (Å²) in [5, 5.41) is 2.82. The molecule has 0 aliphatic carbocycles. The molecule has 116 valence electrons. The molecule has 0 radical (unpaired) electrons. The average Bonchev–Trinajstić information content (AvgIpc) is 2.50. The summed E-state index contributed by atoms with van der Waals surface area (Å²) < 4.78 is 10.2. The predicted octanol–water partition coefficient (Wildman–Crippen LogP) is 2.47. The molecule has 0 aliphatic rings. The Morgan fingerprint density at radius 3 is 2.48 bits per heavy atom. The van der Waals surface area contributed by atoms with E-state index in [2.05, 4.69) is 5.32 Å². The van der Waals surface area contributed by atoms with Crippen LogP contribution in [0.1, 0.15) is 42.6 Å². The molecule has 5 heteroatoms. The number of benzene rings is 1. The third-order valence-corrected chi connectivity index (χ3v) is 3.26. The highest BCUT2D eigenvalue weighted by Crippen LogP contribution is 2.20. The van der Waals surface area contributed by atoms with Crippen LogP contribution in [0.5, 0.6) is 5.75 Å². The van der Waals surface area contributed by atoms with Crippen LogP contribution in [0.25, 0.3) is 0 Å². The first-order valence-electron chi connectivity index (χ1n) is 7.12. The van der Waals surface area contributed by atoms with Crippen molar-refractivity contribution in [2.24, 2.45) is 0 Å². The van der Waals surface area contributed by atoms with E-state index in [4.69, 9.17) is 9.47 Å². The van der Waals surface area contributed by atoms with Crippen LogP contribution in [0.15, 0.2) is 18.2 Å². The fourth-order valence-corrected chi connectivity index (χ4v) is 1.95. The van der Waals surface area contributed by atoms with Gasteiger partial charge in [0.05, 0.1) is 7.11 Å². The summed E-state index contributed by atoms with van der Waals surface area (Å²) in [4.78, 5) is 23.7. The second-order valence-electron chi connectivity index (χ2n) is 4.86. The lowest BCUT2D eigenvalue weighted by Gasteiger charge is -2.15. The van der Waals surface area contributed by atoms with Crippen molar-refractivity contribution >= 4 is 11.9 Å². The van der Waals surface area contributed by atoms with Crippen molar-refractivity contribution in [3.05, 3.63) is 29.3 Å². The highest BCUT2D eigenvalue weighted by Gasteiger charge is 2.16. The van der Waals surface area contributed by atoms with E-state index >= 15 is 0 Å². The first-order valence-corrected chi connectivity index (χ1v) is 7.12. The number of amides is 1. The molecule has 5 nitrogen and oxygen atoms in total. The van der Waals surface area contributed by atoms with Crippen LogP contribution >= 0.6 is 0 Å². The first kappa shape index (κ1) is 17.0. The van der Waals surface area contributed by atoms with Crippen molar-refractivity contribution in [2.75, 3.05) is 13.7 Å². The SMILES string of the molecule is CCC(CC)NC(=O)COC(=O)c1cc(C)ccc1OC. The second-order valence-corrected chi connectivity index (χ2v) is 4.86. The van der Waals surface area contributed by atoms with E-state index in [0.717, 1.165) is 18.4 Å². The van der Waals surface area contributed by atoms with Gasteiger partial charge in [0, 0.05) is 6.04 Å². The summed E-state index contributed by atoms with van der Waals surface area (Å²) in [6.07, 6.45) is 1.70. The molecule has 1 rings (SSSR count). The number of methoxy groups -OCH3 is 1. The number of hydrogen-bond donors (Lipinski definition) is 1. The van der Waals surface area contributed by atoms with Gasteiger partial charge in [0.25, 0.3) is 5.91 Å². The van der Waals surface area contributed by atoms with Gasteiger partial charge in [-0.25, -0.2) is 4.79 Å². The van der Waals surface area contributed by atoms with Crippen LogP contribution < -0.4 is 10.1 Å². The second kappa shape index (κ2) is 8.29. The van der Waals surface area contributed by atoms with E-state index in [1.807, 2.05) is 26.8 Å². The number of rotatable bonds is 7. The lowest BCUT2D eigenvalue weighted by atomic mass is 10.1. The van der Waals surface area contributed by atoms with Gasteiger partial charge in [-0.2, -0.15) is 0 Å². The Morgan fingerprint density at radius 1 is 1.24 bits per heavy atom. The van der Waals surface area contributed by atoms with Crippen LogP contribution in [0.2, 0.25) is 0 Å². The van der Waals surface area contributed by atoms with Gasteiger partial charge in [-0.05, 0) is 31.9 Å². The molecule has 0 fully saturated rings. The molecule has 0 aliphatic heterocycles. The minimum atomic E-state index is -0.560. The summed E-state index contributed by atoms with van der Waals surface area (Å²) in [5.74, 6) is -0.412. The molecule has 1 amide bonds. The monoisotopic (exact) mass is 293 g/mol. The van der Waals surface area contributed by atoms with E-state index in [-0.39, 0.29) is 18.6 Å². The minimum Gasteiger partial charge on any atom is -0.496 e. The maximum absolute atomic E-state index is 12.0. The van der Waals surface area contributed by atoms with Crippen molar-refractivity contribution in [2.45, 2.75) is 39.7 Å². The number of nitrogens with one attached hydrogen (secondary N) is 1. The maximum Gasteiger partial charge on any atom is 0.342 e. The van der Waals surface area contributed by atoms with Gasteiger partial charge < -0.3 is 14.8 Å². The number of carbonyl (C=O) groups is 2. The lowest BCUT2D eigenvalue weighted by molar-refractivity contribution is -0.125. The van der Waals surface area contributed by atoms with Gasteiger partial charge >= 0.3 is 5.97 Å². The zero-order valence-electron chi connectivity index (χ0n) is 13.1. The number of ether oxygens (including phenoxy) is 2. The van der Waals surface area contributed by atoms with Crippen molar-refractivity contribution in [1.29, 1.82) is 0 Å². The molecule has 1 N–H and O–H groups in total. The number of hydrogen-bond acceptors (Lipinski definition) is 4. The quantitative estimate of drug-likeness (QED) is 0.784. The molecule has 21 heavy (non-hydrogen) atoms. The van der Waals surface area contributed by atoms with Gasteiger partial charge in [-0.3, -0.25) is 4.79 Å². The number of carbonyl (C=O) groups excluding carboxylic acids is 2. The molecule has 0 unspecified atom stereocenters. The topological polar surface area (TPSA) is 64.6 Å². The minimum absolute atomic E-state index is 0.115. The maximum atomic E-state index is 12.0. The van der Waals surface area contributed by atoms with Crippen molar-refractivity contribution < 1.29 is 19.1 Å². The molecule has 0 spiro atoms. The standard InChI is InChI=1S/C16H23NO4/c1-5-12(6-2)17-15(18)10-21-16(19)13-9-11(3)7-8-14(13)20-4/h7-9,12H,5-6,10H2,1-4H3,(H,17,18). The highest BCUT2D eigenvalue weighted by atomic mass is 16.5. The van der Waals surface area contributed by atoms with E-state index < -0.39 is 5.97 Å². The molecule has 1 aromatic rings. The Labute approximate surface area is 125 Å². The number of esters is 1. The smallest absolute Gasteiger partial charge is 0.342 e. The van der Waals surface area contributed by atoms with Crippen molar-refractivity contribution in [3.8, 4) is 5.75 Å². The lowest BCUT2D eigenvalue weighted by Crippen LogP contribution is -2.36. The molecular weight excluding hydrogens is 270 g/mol. The third-order valence-electron chi connectivity index (χ3n) is 3.26. The fraction of sp³-hybridized carbons (Fsp3) is 0.500. The Bertz CT molecular complexity index is 495. The first-order chi connectivity index (χ1) is 10.0. The molecule has 0 atom stereocenters. The zero-order chi connectivity index (χ0) is 15.8. The zero-order valence-corrected chi connectivity index (χ0v) is 13.1. The van der Waals surface area contributed by atoms with Gasteiger partial charge in [-0.15, -0.1) is 0 Å². The van der Waals surface area contributed by atoms with Gasteiger partial charge in [0.1, 0.15) is 11.3 Å². The molecule has 0 heterocycles. The molecule has 0 saturated heterocycles. The van der Waals surface area contributed by atoms with Crippen LogP contribution in [-0.4, -0.2) is 31.6 Å². The Morgan fingerprint density at radius 2 is 1.90 bits per heavy atom. The normalized spacial score (nSPS) is 10.3. The summed E-state index contributed by atoms with van der Waals surface area (Å²) >= 11 is 0. The molecule has 0 saturated carbocycles. The third kappa shape index (κ3) is 5.10. The van der Waals surface area contributed by atoms with E-state index in [1.54, 1.807) is 12.1 Å². The molecule has 0 aromatic heterocycles. The van der Waals surface area contributed by atoms with Crippen LogP contribution in [0.4, 0.5) is 0 Å². The van der Waals surface area contributed by atoms with E-state index in [0.29, 0.717) is 11.3 Å². The van der Waals surface area contributed by atoms with E-state index in [9.17, 15) is 9.59 Å². The van der Waals surface area contributed by atoms with Crippen LogP contribution in [0.3, 0.4) is 0 Å². The Kier molecular flexibility index (Phi) is 6.72. The van der Waals surface area contributed by atoms with Gasteiger partial charge in [0.15, 0.2) is 6.61 Å². The van der Waals surface area contributed by atoms with Crippen LogP contribution in [0, 0.1) is 6.92 Å². The highest BCUT2D eigenvalue weighted by molar-refractivity contribution is 5.94. The van der Waals surface area contributed by atoms with E-state index in [1.165, 1.54) is 7.11 Å². The number of aryl methyl sites for hydroxylation is 1. The molecule has 0 bridgehead atoms. The van der Waals surface area contributed by atoms with Crippen molar-refractivity contribution in [1.82, 2.24) is 5.32 Å². The average molecular weight is 293 g/mol. The van der Waals surface area contributed by atoms with Crippen LogP contribution in [-0.2, 0) is 9.53 Å². The fourth-order valence-electron chi connectivity index (χ4n) is 1.95. The summed E-state index contributed by atoms with van der Waals surface area (Å²) in [6, 6.07) is 5.34. The summed E-state index contributed by atoms with van der Waals surface area (Å²) in [5.41, 5.74) is 1.25. The molecule has 1 aromatic carbocycles. The predicted molar refractivity (Wildman–Crippen MR) is 80.5 cm³/mol. The molecular formula is C16H23NO4. The largest absolute Gasteiger partial charge is 0.496 e. The summed E-state index contributed by atoms with van der Waals surface area (Å²) in [6.45, 7) is 5.58. The Hall–Kier alpha value is -2.04. The van der Waals surface area contributed by atoms with Gasteiger partial charge in [-0.1, -0.05) is 25.5 Å².